The van der Waals surface area contributed by atoms with Crippen LogP contribution < -0.4 is 10.3 Å². The molecule has 0 aliphatic heterocycles. The van der Waals surface area contributed by atoms with Gasteiger partial charge in [0.05, 0.1) is 12.1 Å². The Hall–Kier alpha value is -2.96. The van der Waals surface area contributed by atoms with Crippen LogP contribution in [0, 0.1) is 0 Å². The molecule has 0 radical (unpaired) electrons. The third kappa shape index (κ3) is 5.06. The molecule has 0 amide bonds. The lowest BCUT2D eigenvalue weighted by Gasteiger charge is -2.13. The van der Waals surface area contributed by atoms with E-state index >= 15 is 0 Å². The first kappa shape index (κ1) is 19.8. The standard InChI is InChI=1S/C21H28N7/c1-14(2)19-13-28(8-7-23-19)12-16(4)20-24-6-5-18(27-20)9-15(3)17-10-25-21(22)26-11-17/h5-8,10-11,13-16H,9,12H2,1-4H3,(H2,22,25,26)/q+1/t15-,16?/m0/s1. The lowest BCUT2D eigenvalue weighted by atomic mass is 9.98. The van der Waals surface area contributed by atoms with Gasteiger partial charge >= 0.3 is 0 Å². The second-order valence-electron chi connectivity index (χ2n) is 7.62. The normalized spacial score (nSPS) is 13.5. The lowest BCUT2D eigenvalue weighted by molar-refractivity contribution is -0.700. The van der Waals surface area contributed by atoms with E-state index in [0.717, 1.165) is 35.7 Å². The largest absolute Gasteiger partial charge is 0.368 e. The highest BCUT2D eigenvalue weighted by molar-refractivity contribution is 5.21. The molecular formula is C21H28N7+. The Bertz CT molecular complexity index is 909. The third-order valence-corrected chi connectivity index (χ3v) is 4.80. The Labute approximate surface area is 166 Å². The Morgan fingerprint density at radius 2 is 1.71 bits per heavy atom. The Kier molecular flexibility index (Phi) is 6.23. The van der Waals surface area contributed by atoms with Crippen LogP contribution in [0.1, 0.15) is 68.2 Å². The zero-order chi connectivity index (χ0) is 20.1. The summed E-state index contributed by atoms with van der Waals surface area (Å²) in [5, 5.41) is 0. The van der Waals surface area contributed by atoms with E-state index in [2.05, 4.69) is 58.4 Å². The molecule has 0 fully saturated rings. The first-order chi connectivity index (χ1) is 13.4. The zero-order valence-electron chi connectivity index (χ0n) is 16.9. The lowest BCUT2D eigenvalue weighted by Crippen LogP contribution is -2.37. The van der Waals surface area contributed by atoms with Crippen LogP contribution >= 0.6 is 0 Å². The number of nitrogen functional groups attached to an aromatic ring is 1. The van der Waals surface area contributed by atoms with Gasteiger partial charge in [-0.05, 0) is 30.9 Å². The van der Waals surface area contributed by atoms with Crippen molar-refractivity contribution in [3.8, 4) is 0 Å². The SMILES string of the molecule is CC(C)c1c[n+](CC(C)c2nccc(C[C@H](C)c3cnc(N)nc3)n2)ccn1. The first-order valence-electron chi connectivity index (χ1n) is 9.66. The van der Waals surface area contributed by atoms with Crippen LogP contribution in [0.2, 0.25) is 0 Å². The van der Waals surface area contributed by atoms with E-state index in [0.29, 0.717) is 11.9 Å². The fourth-order valence-corrected chi connectivity index (χ4v) is 3.06. The number of anilines is 1. The van der Waals surface area contributed by atoms with Crippen LogP contribution in [0.5, 0.6) is 0 Å². The molecule has 0 bridgehead atoms. The molecular weight excluding hydrogens is 350 g/mol. The number of hydrogen-bond donors (Lipinski definition) is 1. The number of nitrogens with two attached hydrogens (primary N) is 1. The van der Waals surface area contributed by atoms with Gasteiger partial charge in [0.1, 0.15) is 11.5 Å². The van der Waals surface area contributed by atoms with Crippen LogP contribution in [0.3, 0.4) is 0 Å². The summed E-state index contributed by atoms with van der Waals surface area (Å²) in [5.74, 6) is 2.00. The number of hydrogen-bond acceptors (Lipinski definition) is 6. The third-order valence-electron chi connectivity index (χ3n) is 4.80. The molecule has 2 N–H and O–H groups in total. The van der Waals surface area contributed by atoms with E-state index in [-0.39, 0.29) is 11.8 Å². The predicted molar refractivity (Wildman–Crippen MR) is 108 cm³/mol. The molecule has 2 atom stereocenters. The van der Waals surface area contributed by atoms with Crippen molar-refractivity contribution in [2.75, 3.05) is 5.73 Å². The summed E-state index contributed by atoms with van der Waals surface area (Å²) in [4.78, 5) is 21.9. The molecule has 3 heterocycles. The highest BCUT2D eigenvalue weighted by Crippen LogP contribution is 2.19. The van der Waals surface area contributed by atoms with Crippen molar-refractivity contribution in [2.45, 2.75) is 58.4 Å². The summed E-state index contributed by atoms with van der Waals surface area (Å²) in [6, 6.07) is 1.97. The van der Waals surface area contributed by atoms with E-state index < -0.39 is 0 Å². The maximum Gasteiger partial charge on any atom is 0.219 e. The molecule has 0 spiro atoms. The Balaban J connectivity index is 1.70. The molecule has 0 aliphatic carbocycles. The van der Waals surface area contributed by atoms with Gasteiger partial charge in [-0.2, -0.15) is 0 Å². The molecule has 146 valence electrons. The molecule has 0 aliphatic rings. The van der Waals surface area contributed by atoms with Gasteiger partial charge in [0.2, 0.25) is 5.95 Å². The molecule has 7 heteroatoms. The molecule has 0 saturated heterocycles. The molecule has 3 aromatic heterocycles. The fourth-order valence-electron chi connectivity index (χ4n) is 3.06. The number of aromatic nitrogens is 6. The van der Waals surface area contributed by atoms with Crippen LogP contribution in [0.4, 0.5) is 5.95 Å². The highest BCUT2D eigenvalue weighted by atomic mass is 15.0. The van der Waals surface area contributed by atoms with Crippen LogP contribution in [0.15, 0.2) is 43.2 Å². The Morgan fingerprint density at radius 3 is 2.43 bits per heavy atom. The van der Waals surface area contributed by atoms with Crippen molar-refractivity contribution in [2.24, 2.45) is 0 Å². The van der Waals surface area contributed by atoms with Gasteiger partial charge < -0.3 is 5.73 Å². The smallest absolute Gasteiger partial charge is 0.219 e. The second kappa shape index (κ2) is 8.82. The van der Waals surface area contributed by atoms with Gasteiger partial charge in [-0.15, -0.1) is 0 Å². The molecule has 3 rings (SSSR count). The summed E-state index contributed by atoms with van der Waals surface area (Å²) in [6.45, 7) is 9.40. The van der Waals surface area contributed by atoms with E-state index in [4.69, 9.17) is 10.7 Å². The molecule has 1 unspecified atom stereocenters. The minimum atomic E-state index is 0.197. The number of nitrogens with zero attached hydrogens (tertiary/aromatic N) is 6. The van der Waals surface area contributed by atoms with Crippen molar-refractivity contribution in [3.63, 3.8) is 0 Å². The van der Waals surface area contributed by atoms with E-state index in [1.54, 1.807) is 12.4 Å². The highest BCUT2D eigenvalue weighted by Gasteiger charge is 2.17. The van der Waals surface area contributed by atoms with E-state index in [1.165, 1.54) is 0 Å². The van der Waals surface area contributed by atoms with Gasteiger partial charge in [-0.25, -0.2) is 29.5 Å². The molecule has 3 aromatic rings. The first-order valence-corrected chi connectivity index (χ1v) is 9.66. The van der Waals surface area contributed by atoms with Gasteiger partial charge in [-0.3, -0.25) is 0 Å². The second-order valence-corrected chi connectivity index (χ2v) is 7.62. The van der Waals surface area contributed by atoms with Crippen molar-refractivity contribution < 1.29 is 4.57 Å². The number of rotatable bonds is 7. The van der Waals surface area contributed by atoms with E-state index in [1.807, 2.05) is 24.7 Å². The Morgan fingerprint density at radius 1 is 0.964 bits per heavy atom. The average molecular weight is 379 g/mol. The summed E-state index contributed by atoms with van der Waals surface area (Å²) >= 11 is 0. The summed E-state index contributed by atoms with van der Waals surface area (Å²) in [7, 11) is 0. The zero-order valence-corrected chi connectivity index (χ0v) is 16.9. The van der Waals surface area contributed by atoms with Crippen molar-refractivity contribution >= 4 is 5.95 Å². The minimum absolute atomic E-state index is 0.197. The fraction of sp³-hybridized carbons (Fsp3) is 0.429. The summed E-state index contributed by atoms with van der Waals surface area (Å²) in [5.41, 5.74) is 8.73. The van der Waals surface area contributed by atoms with E-state index in [9.17, 15) is 0 Å². The maximum absolute atomic E-state index is 5.57. The van der Waals surface area contributed by atoms with Gasteiger partial charge in [0.25, 0.3) is 0 Å². The quantitative estimate of drug-likeness (QED) is 0.635. The van der Waals surface area contributed by atoms with Crippen LogP contribution in [0.25, 0.3) is 0 Å². The maximum atomic E-state index is 5.57. The molecule has 0 saturated carbocycles. The van der Waals surface area contributed by atoms with Crippen LogP contribution in [-0.4, -0.2) is 24.9 Å². The average Bonchev–Trinajstić information content (AvgIpc) is 2.69. The van der Waals surface area contributed by atoms with Crippen LogP contribution in [-0.2, 0) is 13.0 Å². The topological polar surface area (TPSA) is 94.3 Å². The summed E-state index contributed by atoms with van der Waals surface area (Å²) < 4.78 is 2.16. The van der Waals surface area contributed by atoms with Crippen molar-refractivity contribution in [1.29, 1.82) is 0 Å². The minimum Gasteiger partial charge on any atom is -0.368 e. The molecule has 28 heavy (non-hydrogen) atoms. The molecule has 0 aromatic carbocycles. The van der Waals surface area contributed by atoms with Gasteiger partial charge in [0, 0.05) is 30.2 Å². The van der Waals surface area contributed by atoms with Gasteiger partial charge in [-0.1, -0.05) is 20.8 Å². The summed E-state index contributed by atoms with van der Waals surface area (Å²) in [6.07, 6.45) is 12.2. The van der Waals surface area contributed by atoms with Crippen molar-refractivity contribution in [3.05, 3.63) is 66.0 Å². The predicted octanol–water partition coefficient (Wildman–Crippen LogP) is 2.80. The van der Waals surface area contributed by atoms with Crippen molar-refractivity contribution in [1.82, 2.24) is 24.9 Å². The monoisotopic (exact) mass is 378 g/mol. The van der Waals surface area contributed by atoms with Gasteiger partial charge in [0.15, 0.2) is 18.9 Å². The molecule has 7 nitrogen and oxygen atoms in total.